The number of anilines is 1. The van der Waals surface area contributed by atoms with Crippen LogP contribution in [0.25, 0.3) is 0 Å². The highest BCUT2D eigenvalue weighted by atomic mass is 35.5. The van der Waals surface area contributed by atoms with E-state index in [2.05, 4.69) is 5.32 Å². The Morgan fingerprint density at radius 1 is 1.04 bits per heavy atom. The number of hydrogen-bond donors (Lipinski definition) is 1. The fraction of sp³-hybridized carbons (Fsp3) is 0.211. The number of allylic oxidation sites excluding steroid dienone is 2. The molecule has 0 heterocycles. The summed E-state index contributed by atoms with van der Waals surface area (Å²) in [7, 11) is 1.65. The monoisotopic (exact) mass is 327 g/mol. The van der Waals surface area contributed by atoms with Gasteiger partial charge in [0.15, 0.2) is 5.78 Å². The first-order chi connectivity index (χ1) is 11.1. The van der Waals surface area contributed by atoms with Crippen LogP contribution in [-0.4, -0.2) is 12.9 Å². The van der Waals surface area contributed by atoms with Crippen molar-refractivity contribution < 1.29 is 9.53 Å². The van der Waals surface area contributed by atoms with Crippen molar-refractivity contribution >= 4 is 23.1 Å². The van der Waals surface area contributed by atoms with E-state index in [1.165, 1.54) is 0 Å². The third-order valence-corrected chi connectivity index (χ3v) is 4.24. The normalized spacial score (nSPS) is 17.6. The second-order valence-corrected chi connectivity index (χ2v) is 6.08. The molecule has 0 radical (unpaired) electrons. The molecule has 3 rings (SSSR count). The maximum Gasteiger partial charge on any atom is 0.158 e. The van der Waals surface area contributed by atoms with Gasteiger partial charge in [-0.25, -0.2) is 0 Å². The maximum atomic E-state index is 12.1. The zero-order chi connectivity index (χ0) is 16.2. The highest BCUT2D eigenvalue weighted by Gasteiger charge is 2.22. The molecule has 0 amide bonds. The number of halogens is 1. The number of carbonyl (C=O) groups is 1. The molecule has 1 aliphatic rings. The van der Waals surface area contributed by atoms with Gasteiger partial charge in [0.2, 0.25) is 0 Å². The summed E-state index contributed by atoms with van der Waals surface area (Å²) in [6.45, 7) is 0. The van der Waals surface area contributed by atoms with Gasteiger partial charge in [0, 0.05) is 28.9 Å². The number of carbonyl (C=O) groups excluding carboxylic acids is 1. The van der Waals surface area contributed by atoms with Crippen molar-refractivity contribution in [3.05, 3.63) is 70.9 Å². The fourth-order valence-electron chi connectivity index (χ4n) is 2.81. The molecule has 2 aromatic carbocycles. The summed E-state index contributed by atoms with van der Waals surface area (Å²) in [6, 6.07) is 15.4. The van der Waals surface area contributed by atoms with Gasteiger partial charge in [-0.05, 0) is 54.3 Å². The summed E-state index contributed by atoms with van der Waals surface area (Å²) in [6.07, 6.45) is 3.05. The van der Waals surface area contributed by atoms with Crippen LogP contribution in [0.3, 0.4) is 0 Å². The van der Waals surface area contributed by atoms with Crippen molar-refractivity contribution in [1.82, 2.24) is 0 Å². The number of ether oxygens (including phenoxy) is 1. The Kier molecular flexibility index (Phi) is 4.68. The van der Waals surface area contributed by atoms with Crippen LogP contribution in [0, 0.1) is 0 Å². The number of hydrogen-bond acceptors (Lipinski definition) is 3. The van der Waals surface area contributed by atoms with Gasteiger partial charge >= 0.3 is 0 Å². The van der Waals surface area contributed by atoms with Crippen molar-refractivity contribution in [3.63, 3.8) is 0 Å². The fourth-order valence-corrected chi connectivity index (χ4v) is 2.94. The number of benzene rings is 2. The lowest BCUT2D eigenvalue weighted by Crippen LogP contribution is -2.16. The largest absolute Gasteiger partial charge is 0.497 e. The Hall–Kier alpha value is -2.26. The van der Waals surface area contributed by atoms with Gasteiger partial charge < -0.3 is 10.1 Å². The van der Waals surface area contributed by atoms with Crippen molar-refractivity contribution in [2.75, 3.05) is 12.4 Å². The molecule has 1 N–H and O–H groups in total. The van der Waals surface area contributed by atoms with Crippen molar-refractivity contribution in [1.29, 1.82) is 0 Å². The average molecular weight is 328 g/mol. The van der Waals surface area contributed by atoms with Gasteiger partial charge in [0.1, 0.15) is 5.75 Å². The summed E-state index contributed by atoms with van der Waals surface area (Å²) in [5.41, 5.74) is 3.02. The molecule has 3 nitrogen and oxygen atoms in total. The van der Waals surface area contributed by atoms with Crippen molar-refractivity contribution in [3.8, 4) is 5.75 Å². The van der Waals surface area contributed by atoms with E-state index in [1.54, 1.807) is 13.2 Å². The van der Waals surface area contributed by atoms with E-state index in [9.17, 15) is 4.79 Å². The summed E-state index contributed by atoms with van der Waals surface area (Å²) >= 11 is 5.90. The molecule has 118 valence electrons. The minimum Gasteiger partial charge on any atom is -0.497 e. The average Bonchev–Trinajstić information content (AvgIpc) is 2.56. The van der Waals surface area contributed by atoms with E-state index in [1.807, 2.05) is 48.5 Å². The van der Waals surface area contributed by atoms with Gasteiger partial charge in [-0.2, -0.15) is 0 Å². The molecule has 0 saturated carbocycles. The van der Waals surface area contributed by atoms with Crippen LogP contribution >= 0.6 is 11.6 Å². The van der Waals surface area contributed by atoms with Crippen LogP contribution < -0.4 is 10.1 Å². The molecule has 23 heavy (non-hydrogen) atoms. The lowest BCUT2D eigenvalue weighted by atomic mass is 9.85. The number of nitrogens with one attached hydrogen (secondary N) is 1. The summed E-state index contributed by atoms with van der Waals surface area (Å²) in [4.78, 5) is 12.1. The predicted octanol–water partition coefficient (Wildman–Crippen LogP) is 4.79. The number of ketones is 1. The van der Waals surface area contributed by atoms with Crippen LogP contribution in [0.1, 0.15) is 24.3 Å². The van der Waals surface area contributed by atoms with Gasteiger partial charge in [-0.15, -0.1) is 0 Å². The van der Waals surface area contributed by atoms with Gasteiger partial charge in [0.25, 0.3) is 0 Å². The van der Waals surface area contributed by atoms with E-state index in [4.69, 9.17) is 16.3 Å². The highest BCUT2D eigenvalue weighted by molar-refractivity contribution is 6.30. The van der Waals surface area contributed by atoms with Gasteiger partial charge in [-0.1, -0.05) is 23.7 Å². The van der Waals surface area contributed by atoms with Gasteiger partial charge in [0.05, 0.1) is 7.11 Å². The molecular formula is C19H18ClNO2. The minimum atomic E-state index is 0.147. The van der Waals surface area contributed by atoms with Crippen LogP contribution in [0.5, 0.6) is 5.75 Å². The Balaban J connectivity index is 1.74. The molecule has 1 atom stereocenters. The van der Waals surface area contributed by atoms with E-state index in [0.29, 0.717) is 11.4 Å². The molecule has 0 saturated heterocycles. The molecule has 2 aromatic rings. The Morgan fingerprint density at radius 3 is 2.39 bits per heavy atom. The molecule has 0 aliphatic heterocycles. The minimum absolute atomic E-state index is 0.147. The summed E-state index contributed by atoms with van der Waals surface area (Å²) in [5.74, 6) is 1.16. The lowest BCUT2D eigenvalue weighted by molar-refractivity contribution is -0.115. The van der Waals surface area contributed by atoms with Gasteiger partial charge in [-0.3, -0.25) is 4.79 Å². The van der Waals surface area contributed by atoms with Crippen molar-refractivity contribution in [2.45, 2.75) is 18.8 Å². The molecule has 0 unspecified atom stereocenters. The topological polar surface area (TPSA) is 38.3 Å². The first-order valence-corrected chi connectivity index (χ1v) is 7.92. The quantitative estimate of drug-likeness (QED) is 0.877. The number of rotatable bonds is 4. The molecule has 0 fully saturated rings. The van der Waals surface area contributed by atoms with Crippen LogP contribution in [0.2, 0.25) is 5.02 Å². The SMILES string of the molecule is COc1ccc([C@@H]2CC(=O)C=C(Nc3ccc(Cl)cc3)C2)cc1. The second kappa shape index (κ2) is 6.88. The van der Waals surface area contributed by atoms with Crippen LogP contribution in [0.15, 0.2) is 60.3 Å². The second-order valence-electron chi connectivity index (χ2n) is 5.65. The predicted molar refractivity (Wildman–Crippen MR) is 93.1 cm³/mol. The standard InChI is InChI=1S/C19H18ClNO2/c1-23-19-8-2-13(3-9-19)14-10-17(12-18(22)11-14)21-16-6-4-15(20)5-7-16/h2-9,12,14,21H,10-11H2,1H3/t14-/m0/s1. The Morgan fingerprint density at radius 2 is 1.74 bits per heavy atom. The first-order valence-electron chi connectivity index (χ1n) is 7.54. The molecular weight excluding hydrogens is 310 g/mol. The van der Waals surface area contributed by atoms with E-state index >= 15 is 0 Å². The number of methoxy groups -OCH3 is 1. The van der Waals surface area contributed by atoms with E-state index in [0.717, 1.165) is 29.1 Å². The van der Waals surface area contributed by atoms with Crippen molar-refractivity contribution in [2.24, 2.45) is 0 Å². The van der Waals surface area contributed by atoms with E-state index < -0.39 is 0 Å². The van der Waals surface area contributed by atoms with Crippen LogP contribution in [-0.2, 0) is 4.79 Å². The van der Waals surface area contributed by atoms with Crippen LogP contribution in [0.4, 0.5) is 5.69 Å². The molecule has 0 aromatic heterocycles. The molecule has 1 aliphatic carbocycles. The molecule has 4 heteroatoms. The first kappa shape index (κ1) is 15.6. The molecule has 0 bridgehead atoms. The summed E-state index contributed by atoms with van der Waals surface area (Å²) in [5, 5.41) is 4.01. The Labute approximate surface area is 140 Å². The smallest absolute Gasteiger partial charge is 0.158 e. The maximum absolute atomic E-state index is 12.1. The molecule has 0 spiro atoms. The van der Waals surface area contributed by atoms with E-state index in [-0.39, 0.29) is 11.7 Å². The zero-order valence-electron chi connectivity index (χ0n) is 12.9. The highest BCUT2D eigenvalue weighted by Crippen LogP contribution is 2.32. The lowest BCUT2D eigenvalue weighted by Gasteiger charge is -2.23. The Bertz CT molecular complexity index is 720. The summed E-state index contributed by atoms with van der Waals surface area (Å²) < 4.78 is 5.19. The third kappa shape index (κ3) is 3.93. The third-order valence-electron chi connectivity index (χ3n) is 3.99. The zero-order valence-corrected chi connectivity index (χ0v) is 13.6.